The summed E-state index contributed by atoms with van der Waals surface area (Å²) in [6, 6.07) is 4.86. The monoisotopic (exact) mass is 522 g/mol. The molecule has 0 aliphatic carbocycles. The Morgan fingerprint density at radius 3 is 2.52 bits per heavy atom. The van der Waals surface area contributed by atoms with E-state index in [-0.39, 0.29) is 29.1 Å². The van der Waals surface area contributed by atoms with Crippen molar-refractivity contribution in [3.05, 3.63) is 51.0 Å². The number of halogens is 1. The summed E-state index contributed by atoms with van der Waals surface area (Å²) < 4.78 is 21.1. The largest absolute Gasteiger partial charge is 0.469 e. The summed E-state index contributed by atoms with van der Waals surface area (Å²) in [4.78, 5) is 52.0. The van der Waals surface area contributed by atoms with E-state index in [1.165, 1.54) is 0 Å². The quantitative estimate of drug-likeness (QED) is 0.312. The van der Waals surface area contributed by atoms with Gasteiger partial charge >= 0.3 is 17.9 Å². The van der Waals surface area contributed by atoms with E-state index >= 15 is 0 Å². The van der Waals surface area contributed by atoms with Gasteiger partial charge in [0, 0.05) is 15.7 Å². The second-order valence-electron chi connectivity index (χ2n) is 7.27. The number of rotatable bonds is 7. The Kier molecular flexibility index (Phi) is 7.11. The minimum Gasteiger partial charge on any atom is -0.469 e. The van der Waals surface area contributed by atoms with Crippen LogP contribution in [0.4, 0.5) is 5.69 Å². The first kappa shape index (κ1) is 24.3. The zero-order valence-corrected chi connectivity index (χ0v) is 19.9. The van der Waals surface area contributed by atoms with Gasteiger partial charge in [-0.05, 0) is 24.6 Å². The summed E-state index contributed by atoms with van der Waals surface area (Å²) in [7, 11) is 2.26. The van der Waals surface area contributed by atoms with Crippen LogP contribution in [0.25, 0.3) is 0 Å². The average molecular weight is 523 g/mol. The van der Waals surface area contributed by atoms with Crippen LogP contribution in [0.1, 0.15) is 31.7 Å². The lowest BCUT2D eigenvalue weighted by Crippen LogP contribution is -2.49. The maximum atomic E-state index is 13.6. The Morgan fingerprint density at radius 1 is 1.15 bits per heavy atom. The van der Waals surface area contributed by atoms with Crippen LogP contribution >= 0.6 is 15.9 Å². The van der Waals surface area contributed by atoms with Crippen LogP contribution in [-0.2, 0) is 43.5 Å². The highest BCUT2D eigenvalue weighted by atomic mass is 79.9. The molecule has 1 aromatic carbocycles. The molecule has 0 saturated carbocycles. The molecule has 3 N–H and O–H groups in total. The van der Waals surface area contributed by atoms with Crippen LogP contribution in [0.3, 0.4) is 0 Å². The Balaban J connectivity index is 2.35. The van der Waals surface area contributed by atoms with Crippen LogP contribution in [0.2, 0.25) is 0 Å². The zero-order valence-electron chi connectivity index (χ0n) is 18.3. The van der Waals surface area contributed by atoms with E-state index in [0.29, 0.717) is 16.6 Å². The van der Waals surface area contributed by atoms with Crippen LogP contribution < -0.4 is 11.1 Å². The minimum absolute atomic E-state index is 0.0709. The van der Waals surface area contributed by atoms with Gasteiger partial charge in [-0.25, -0.2) is 9.59 Å². The van der Waals surface area contributed by atoms with E-state index in [9.17, 15) is 19.2 Å². The third kappa shape index (κ3) is 4.08. The van der Waals surface area contributed by atoms with Gasteiger partial charge in [0.25, 0.3) is 0 Å². The average Bonchev–Trinajstić information content (AvgIpc) is 3.04. The molecule has 0 aromatic heterocycles. The molecule has 0 fully saturated rings. The van der Waals surface area contributed by atoms with Crippen LogP contribution in [-0.4, -0.2) is 44.6 Å². The Labute approximate surface area is 198 Å². The van der Waals surface area contributed by atoms with Crippen molar-refractivity contribution in [2.75, 3.05) is 26.1 Å². The highest BCUT2D eigenvalue weighted by molar-refractivity contribution is 9.10. The lowest BCUT2D eigenvalue weighted by molar-refractivity contribution is -0.143. The number of hydrogen-bond donors (Lipinski definition) is 2. The second kappa shape index (κ2) is 9.65. The van der Waals surface area contributed by atoms with E-state index in [4.69, 9.17) is 24.7 Å². The van der Waals surface area contributed by atoms with Crippen LogP contribution in [0, 0.1) is 0 Å². The SMILES string of the molecule is CCCCOC(=O)C1=C(N)OC(CC(=O)OC)=C(C(=O)OC)C12C(=O)Nc1ccc(Br)cc12. The molecular weight excluding hydrogens is 500 g/mol. The normalized spacial score (nSPS) is 19.1. The van der Waals surface area contributed by atoms with Crippen molar-refractivity contribution in [3.8, 4) is 0 Å². The van der Waals surface area contributed by atoms with E-state index in [2.05, 4.69) is 21.2 Å². The van der Waals surface area contributed by atoms with Gasteiger partial charge < -0.3 is 30.0 Å². The number of ether oxygens (including phenoxy) is 4. The van der Waals surface area contributed by atoms with Gasteiger partial charge in [0.2, 0.25) is 11.8 Å². The first-order valence-corrected chi connectivity index (χ1v) is 10.9. The maximum absolute atomic E-state index is 13.6. The smallest absolute Gasteiger partial charge is 0.341 e. The van der Waals surface area contributed by atoms with Gasteiger partial charge in [-0.15, -0.1) is 0 Å². The predicted octanol–water partition coefficient (Wildman–Crippen LogP) is 2.17. The standard InChI is InChI=1S/C22H23BrN2O8/c1-4-5-8-32-20(28)17-18(24)33-14(10-15(26)30-2)16(19(27)31-3)22(17)12-9-11(23)6-7-13(12)25-21(22)29/h6-7,9H,4-5,8,10,24H2,1-3H3,(H,25,29). The Morgan fingerprint density at radius 2 is 1.88 bits per heavy atom. The predicted molar refractivity (Wildman–Crippen MR) is 118 cm³/mol. The molecule has 0 radical (unpaired) electrons. The number of carbonyl (C=O) groups is 4. The molecule has 33 heavy (non-hydrogen) atoms. The highest BCUT2D eigenvalue weighted by Crippen LogP contribution is 2.53. The number of fused-ring (bicyclic) bond motifs is 2. The van der Waals surface area contributed by atoms with Crippen molar-refractivity contribution in [1.29, 1.82) is 0 Å². The molecule has 2 aliphatic rings. The molecular formula is C22H23BrN2O8. The summed E-state index contributed by atoms with van der Waals surface area (Å²) in [6.07, 6.45) is 0.808. The van der Waals surface area contributed by atoms with Gasteiger partial charge in [0.15, 0.2) is 0 Å². The van der Waals surface area contributed by atoms with Gasteiger partial charge in [0.1, 0.15) is 28.7 Å². The minimum atomic E-state index is -2.07. The van der Waals surface area contributed by atoms with Gasteiger partial charge in [-0.1, -0.05) is 29.3 Å². The third-order valence-electron chi connectivity index (χ3n) is 5.34. The molecule has 1 spiro atoms. The van der Waals surface area contributed by atoms with Crippen molar-refractivity contribution in [2.45, 2.75) is 31.6 Å². The fourth-order valence-corrected chi connectivity index (χ4v) is 4.22. The van der Waals surface area contributed by atoms with Crippen molar-refractivity contribution >= 4 is 45.4 Å². The van der Waals surface area contributed by atoms with Crippen molar-refractivity contribution in [3.63, 3.8) is 0 Å². The number of amides is 1. The summed E-state index contributed by atoms with van der Waals surface area (Å²) in [5.41, 5.74) is 3.92. The first-order chi connectivity index (χ1) is 15.7. The van der Waals surface area contributed by atoms with Gasteiger partial charge in [0.05, 0.1) is 20.8 Å². The van der Waals surface area contributed by atoms with Crippen LogP contribution in [0.5, 0.6) is 0 Å². The van der Waals surface area contributed by atoms with Crippen LogP contribution in [0.15, 0.2) is 45.5 Å². The van der Waals surface area contributed by atoms with Gasteiger partial charge in [-0.3, -0.25) is 9.59 Å². The van der Waals surface area contributed by atoms with Crippen molar-refractivity contribution < 1.29 is 38.1 Å². The number of carbonyl (C=O) groups excluding carboxylic acids is 4. The van der Waals surface area contributed by atoms with Crippen molar-refractivity contribution in [1.82, 2.24) is 0 Å². The molecule has 1 aromatic rings. The summed E-state index contributed by atoms with van der Waals surface area (Å²) in [6.45, 7) is 1.99. The molecule has 176 valence electrons. The number of nitrogens with two attached hydrogens (primary N) is 1. The highest BCUT2D eigenvalue weighted by Gasteiger charge is 2.62. The first-order valence-electron chi connectivity index (χ1n) is 10.1. The van der Waals surface area contributed by atoms with Crippen molar-refractivity contribution in [2.24, 2.45) is 5.73 Å². The molecule has 10 nitrogen and oxygen atoms in total. The van der Waals surface area contributed by atoms with Gasteiger partial charge in [-0.2, -0.15) is 0 Å². The van der Waals surface area contributed by atoms with E-state index in [1.807, 2.05) is 6.92 Å². The number of methoxy groups -OCH3 is 2. The van der Waals surface area contributed by atoms with E-state index < -0.39 is 41.5 Å². The van der Waals surface area contributed by atoms with E-state index in [1.54, 1.807) is 18.2 Å². The second-order valence-corrected chi connectivity index (χ2v) is 8.18. The molecule has 2 heterocycles. The number of nitrogens with one attached hydrogen (secondary N) is 1. The summed E-state index contributed by atoms with van der Waals surface area (Å²) >= 11 is 3.36. The number of hydrogen-bond acceptors (Lipinski definition) is 9. The molecule has 0 saturated heterocycles. The molecule has 1 unspecified atom stereocenters. The number of anilines is 1. The lowest BCUT2D eigenvalue weighted by atomic mass is 9.67. The number of benzene rings is 1. The number of esters is 3. The zero-order chi connectivity index (χ0) is 24.3. The fourth-order valence-electron chi connectivity index (χ4n) is 3.86. The fraction of sp³-hybridized carbons (Fsp3) is 0.364. The Bertz CT molecular complexity index is 1090. The molecule has 3 rings (SSSR count). The third-order valence-corrected chi connectivity index (χ3v) is 5.83. The topological polar surface area (TPSA) is 143 Å². The van der Waals surface area contributed by atoms with E-state index in [0.717, 1.165) is 20.6 Å². The number of unbranched alkanes of at least 4 members (excludes halogenated alkanes) is 1. The maximum Gasteiger partial charge on any atom is 0.341 e. The molecule has 0 bridgehead atoms. The lowest BCUT2D eigenvalue weighted by Gasteiger charge is -2.36. The Hall–Kier alpha value is -3.34. The molecule has 1 atom stereocenters. The molecule has 1 amide bonds. The summed E-state index contributed by atoms with van der Waals surface area (Å²) in [5.74, 6) is -4.14. The molecule has 11 heteroatoms. The summed E-state index contributed by atoms with van der Waals surface area (Å²) in [5, 5.41) is 2.68. The molecule has 2 aliphatic heterocycles.